The molecule has 2 rings (SSSR count). The smallest absolute Gasteiger partial charge is 0.284 e. The highest BCUT2D eigenvalue weighted by Gasteiger charge is 2.26. The lowest BCUT2D eigenvalue weighted by atomic mass is 10.0. The molecule has 1 amide bonds. The van der Waals surface area contributed by atoms with E-state index >= 15 is 0 Å². The summed E-state index contributed by atoms with van der Waals surface area (Å²) in [6.45, 7) is 3.91. The Kier molecular flexibility index (Phi) is 3.73. The maximum Gasteiger partial charge on any atom is 0.284 e. The van der Waals surface area contributed by atoms with Crippen LogP contribution in [0.4, 0.5) is 0 Å². The summed E-state index contributed by atoms with van der Waals surface area (Å²) in [7, 11) is 3.99. The van der Waals surface area contributed by atoms with E-state index in [1.807, 2.05) is 18.9 Å². The lowest BCUT2D eigenvalue weighted by Crippen LogP contribution is -2.44. The van der Waals surface area contributed by atoms with Gasteiger partial charge >= 0.3 is 0 Å². The standard InChI is InChI=1S/C11H18N4OS/c1-8-12-10(17-13-8)11(16)15(3)9-4-6-14(2)7-5-9/h9H,4-7H2,1-3H3. The van der Waals surface area contributed by atoms with Gasteiger partial charge in [0, 0.05) is 13.1 Å². The van der Waals surface area contributed by atoms with Crippen LogP contribution in [-0.4, -0.2) is 58.3 Å². The average Bonchev–Trinajstić information content (AvgIpc) is 2.75. The fourth-order valence-corrected chi connectivity index (χ4v) is 2.74. The van der Waals surface area contributed by atoms with Crippen molar-refractivity contribution in [2.45, 2.75) is 25.8 Å². The van der Waals surface area contributed by atoms with Gasteiger partial charge in [0.05, 0.1) is 0 Å². The van der Waals surface area contributed by atoms with Crippen LogP contribution in [0.15, 0.2) is 0 Å². The summed E-state index contributed by atoms with van der Waals surface area (Å²) in [5.41, 5.74) is 0. The van der Waals surface area contributed by atoms with Crippen LogP contribution in [0.2, 0.25) is 0 Å². The molecule has 94 valence electrons. The van der Waals surface area contributed by atoms with E-state index in [0.29, 0.717) is 16.9 Å². The molecule has 1 fully saturated rings. The molecule has 1 saturated heterocycles. The second-order valence-electron chi connectivity index (χ2n) is 4.60. The highest BCUT2D eigenvalue weighted by molar-refractivity contribution is 7.07. The van der Waals surface area contributed by atoms with Gasteiger partial charge < -0.3 is 9.80 Å². The van der Waals surface area contributed by atoms with E-state index in [0.717, 1.165) is 25.9 Å². The molecule has 0 spiro atoms. The number of rotatable bonds is 2. The number of nitrogens with zero attached hydrogens (tertiary/aromatic N) is 4. The molecule has 1 aromatic rings. The van der Waals surface area contributed by atoms with Crippen LogP contribution >= 0.6 is 11.5 Å². The fraction of sp³-hybridized carbons (Fsp3) is 0.727. The normalized spacial score (nSPS) is 18.3. The highest BCUT2D eigenvalue weighted by atomic mass is 32.1. The Morgan fingerprint density at radius 2 is 2.12 bits per heavy atom. The molecular formula is C11H18N4OS. The fourth-order valence-electron chi connectivity index (χ4n) is 2.08. The van der Waals surface area contributed by atoms with E-state index in [1.165, 1.54) is 11.5 Å². The van der Waals surface area contributed by atoms with Gasteiger partial charge in [-0.15, -0.1) is 0 Å². The van der Waals surface area contributed by atoms with Crippen molar-refractivity contribution in [2.24, 2.45) is 0 Å². The number of hydrogen-bond donors (Lipinski definition) is 0. The second kappa shape index (κ2) is 5.10. The molecule has 0 atom stereocenters. The molecule has 0 radical (unpaired) electrons. The van der Waals surface area contributed by atoms with Crippen molar-refractivity contribution in [3.05, 3.63) is 10.8 Å². The summed E-state index contributed by atoms with van der Waals surface area (Å²) in [6, 6.07) is 0.336. The summed E-state index contributed by atoms with van der Waals surface area (Å²) < 4.78 is 4.05. The average molecular weight is 254 g/mol. The van der Waals surface area contributed by atoms with E-state index in [2.05, 4.69) is 21.3 Å². The third-order valence-corrected chi connectivity index (χ3v) is 4.06. The van der Waals surface area contributed by atoms with Gasteiger partial charge in [0.2, 0.25) is 5.01 Å². The van der Waals surface area contributed by atoms with Crippen LogP contribution in [0.25, 0.3) is 0 Å². The lowest BCUT2D eigenvalue weighted by Gasteiger charge is -2.34. The minimum absolute atomic E-state index is 0.00477. The van der Waals surface area contributed by atoms with Crippen LogP contribution in [0, 0.1) is 6.92 Å². The molecule has 0 N–H and O–H groups in total. The topological polar surface area (TPSA) is 49.3 Å². The van der Waals surface area contributed by atoms with E-state index in [1.54, 1.807) is 0 Å². The lowest BCUT2D eigenvalue weighted by molar-refractivity contribution is 0.0659. The van der Waals surface area contributed by atoms with Crippen LogP contribution in [0.5, 0.6) is 0 Å². The first kappa shape index (κ1) is 12.4. The van der Waals surface area contributed by atoms with Gasteiger partial charge in [-0.3, -0.25) is 4.79 Å². The Hall–Kier alpha value is -1.01. The SMILES string of the molecule is Cc1nsc(C(=O)N(C)C2CCN(C)CC2)n1. The zero-order chi connectivity index (χ0) is 12.4. The van der Waals surface area contributed by atoms with Crippen LogP contribution in [0.3, 0.4) is 0 Å². The number of hydrogen-bond acceptors (Lipinski definition) is 5. The van der Waals surface area contributed by atoms with E-state index in [9.17, 15) is 4.79 Å². The molecule has 0 saturated carbocycles. The summed E-state index contributed by atoms with van der Waals surface area (Å²) in [4.78, 5) is 20.4. The van der Waals surface area contributed by atoms with Crippen molar-refractivity contribution < 1.29 is 4.79 Å². The molecule has 17 heavy (non-hydrogen) atoms. The zero-order valence-corrected chi connectivity index (χ0v) is 11.3. The number of aryl methyl sites for hydroxylation is 1. The summed E-state index contributed by atoms with van der Waals surface area (Å²) >= 11 is 1.19. The maximum absolute atomic E-state index is 12.2. The number of likely N-dealkylation sites (tertiary alicyclic amines) is 1. The maximum atomic E-state index is 12.2. The van der Waals surface area contributed by atoms with E-state index in [-0.39, 0.29) is 5.91 Å². The molecule has 0 aliphatic carbocycles. The zero-order valence-electron chi connectivity index (χ0n) is 10.5. The number of amides is 1. The van der Waals surface area contributed by atoms with Gasteiger partial charge in [0.15, 0.2) is 0 Å². The van der Waals surface area contributed by atoms with Gasteiger partial charge in [-0.1, -0.05) is 0 Å². The summed E-state index contributed by atoms with van der Waals surface area (Å²) in [5.74, 6) is 0.681. The van der Waals surface area contributed by atoms with Crippen molar-refractivity contribution in [1.29, 1.82) is 0 Å². The van der Waals surface area contributed by atoms with Crippen molar-refractivity contribution in [3.8, 4) is 0 Å². The first-order valence-electron chi connectivity index (χ1n) is 5.84. The number of piperidine rings is 1. The second-order valence-corrected chi connectivity index (χ2v) is 5.35. The van der Waals surface area contributed by atoms with Crippen LogP contribution < -0.4 is 0 Å². The van der Waals surface area contributed by atoms with Crippen molar-refractivity contribution in [3.63, 3.8) is 0 Å². The molecule has 1 aliphatic heterocycles. The molecule has 0 unspecified atom stereocenters. The Labute approximate surface area is 106 Å². The minimum atomic E-state index is 0.00477. The Morgan fingerprint density at radius 3 is 2.65 bits per heavy atom. The third-order valence-electron chi connectivity index (χ3n) is 3.27. The van der Waals surface area contributed by atoms with E-state index in [4.69, 9.17) is 0 Å². The van der Waals surface area contributed by atoms with E-state index < -0.39 is 0 Å². The molecule has 5 nitrogen and oxygen atoms in total. The summed E-state index contributed by atoms with van der Waals surface area (Å²) in [6.07, 6.45) is 2.08. The first-order chi connectivity index (χ1) is 8.08. The minimum Gasteiger partial charge on any atom is -0.337 e. The van der Waals surface area contributed by atoms with Crippen molar-refractivity contribution in [1.82, 2.24) is 19.2 Å². The molecule has 1 aliphatic rings. The largest absolute Gasteiger partial charge is 0.337 e. The number of carbonyl (C=O) groups is 1. The van der Waals surface area contributed by atoms with Crippen LogP contribution in [-0.2, 0) is 0 Å². The quantitative estimate of drug-likeness (QED) is 0.790. The number of carbonyl (C=O) groups excluding carboxylic acids is 1. The van der Waals surface area contributed by atoms with Gasteiger partial charge in [-0.2, -0.15) is 4.37 Å². The molecule has 2 heterocycles. The van der Waals surface area contributed by atoms with Crippen LogP contribution in [0.1, 0.15) is 28.5 Å². The first-order valence-corrected chi connectivity index (χ1v) is 6.61. The molecule has 6 heteroatoms. The van der Waals surface area contributed by atoms with Gasteiger partial charge in [-0.05, 0) is 51.4 Å². The Morgan fingerprint density at radius 1 is 1.47 bits per heavy atom. The van der Waals surface area contributed by atoms with Crippen molar-refractivity contribution in [2.75, 3.05) is 27.2 Å². The highest BCUT2D eigenvalue weighted by Crippen LogP contribution is 2.17. The Balaban J connectivity index is 2.00. The third kappa shape index (κ3) is 2.81. The van der Waals surface area contributed by atoms with Gasteiger partial charge in [0.25, 0.3) is 5.91 Å². The molecular weight excluding hydrogens is 236 g/mol. The number of aromatic nitrogens is 2. The van der Waals surface area contributed by atoms with Gasteiger partial charge in [0.1, 0.15) is 5.82 Å². The monoisotopic (exact) mass is 254 g/mol. The van der Waals surface area contributed by atoms with Crippen molar-refractivity contribution >= 4 is 17.4 Å². The van der Waals surface area contributed by atoms with Gasteiger partial charge in [-0.25, -0.2) is 4.98 Å². The predicted molar refractivity (Wildman–Crippen MR) is 67.3 cm³/mol. The molecule has 0 aromatic carbocycles. The predicted octanol–water partition coefficient (Wildman–Crippen LogP) is 1.01. The summed E-state index contributed by atoms with van der Waals surface area (Å²) in [5, 5.41) is 0.504. The Bertz CT molecular complexity index is 398. The molecule has 1 aromatic heterocycles. The molecule has 0 bridgehead atoms.